The maximum absolute atomic E-state index is 12.3. The van der Waals surface area contributed by atoms with Gasteiger partial charge in [0.1, 0.15) is 5.75 Å². The number of rotatable bonds is 3. The summed E-state index contributed by atoms with van der Waals surface area (Å²) in [4.78, 5) is 33.1. The molecule has 0 bridgehead atoms. The summed E-state index contributed by atoms with van der Waals surface area (Å²) in [5, 5.41) is 6.10. The van der Waals surface area contributed by atoms with Gasteiger partial charge in [0.2, 0.25) is 0 Å². The first-order chi connectivity index (χ1) is 12.6. The number of ether oxygens (including phenoxy) is 1. The molecule has 1 aliphatic heterocycles. The Kier molecular flexibility index (Phi) is 4.10. The number of aryl methyl sites for hydroxylation is 1. The molecule has 130 valence electrons. The van der Waals surface area contributed by atoms with Crippen LogP contribution in [0.15, 0.2) is 42.7 Å². The van der Waals surface area contributed by atoms with E-state index in [4.69, 9.17) is 4.74 Å². The highest BCUT2D eigenvalue weighted by Gasteiger charge is 2.18. The molecule has 26 heavy (non-hydrogen) atoms. The molecule has 0 spiro atoms. The first-order valence-electron chi connectivity index (χ1n) is 7.86. The normalized spacial score (nSPS) is 12.7. The van der Waals surface area contributed by atoms with Crippen LogP contribution in [0.2, 0.25) is 0 Å². The van der Waals surface area contributed by atoms with Crippen LogP contribution in [-0.4, -0.2) is 28.4 Å². The Hall–Kier alpha value is -3.26. The zero-order valence-electron chi connectivity index (χ0n) is 13.8. The minimum absolute atomic E-state index is 0.0211. The SMILES string of the molecule is Cc1sc(NC(=O)c2ccncc2)nc1-c1ccc2c(c1)NC(=O)CO2. The lowest BCUT2D eigenvalue weighted by Crippen LogP contribution is -2.25. The molecule has 0 unspecified atom stereocenters. The van der Waals surface area contributed by atoms with Crippen molar-refractivity contribution in [2.45, 2.75) is 6.92 Å². The monoisotopic (exact) mass is 366 g/mol. The van der Waals surface area contributed by atoms with Crippen LogP contribution in [-0.2, 0) is 4.79 Å². The van der Waals surface area contributed by atoms with E-state index in [1.165, 1.54) is 11.3 Å². The molecule has 0 radical (unpaired) electrons. The minimum atomic E-state index is -0.237. The van der Waals surface area contributed by atoms with Crippen LogP contribution < -0.4 is 15.4 Å². The molecule has 2 aromatic heterocycles. The third-order valence-corrected chi connectivity index (χ3v) is 4.73. The van der Waals surface area contributed by atoms with Crippen LogP contribution in [0.1, 0.15) is 15.2 Å². The van der Waals surface area contributed by atoms with Crippen molar-refractivity contribution in [1.82, 2.24) is 9.97 Å². The van der Waals surface area contributed by atoms with Crippen molar-refractivity contribution in [3.8, 4) is 17.0 Å². The van der Waals surface area contributed by atoms with Gasteiger partial charge in [0.25, 0.3) is 11.8 Å². The van der Waals surface area contributed by atoms with Crippen molar-refractivity contribution in [3.05, 3.63) is 53.2 Å². The summed E-state index contributed by atoms with van der Waals surface area (Å²) in [5.74, 6) is 0.209. The van der Waals surface area contributed by atoms with E-state index in [9.17, 15) is 9.59 Å². The van der Waals surface area contributed by atoms with Crippen molar-refractivity contribution >= 4 is 34.0 Å². The number of hydrogen-bond donors (Lipinski definition) is 2. The molecule has 8 heteroatoms. The molecule has 0 fully saturated rings. The highest BCUT2D eigenvalue weighted by Crippen LogP contribution is 2.36. The van der Waals surface area contributed by atoms with Crippen molar-refractivity contribution in [3.63, 3.8) is 0 Å². The van der Waals surface area contributed by atoms with Crippen LogP contribution in [0.3, 0.4) is 0 Å². The molecule has 3 heterocycles. The van der Waals surface area contributed by atoms with Crippen LogP contribution in [0.4, 0.5) is 10.8 Å². The minimum Gasteiger partial charge on any atom is -0.482 e. The van der Waals surface area contributed by atoms with Crippen LogP contribution >= 0.6 is 11.3 Å². The van der Waals surface area contributed by atoms with Gasteiger partial charge in [0, 0.05) is 28.4 Å². The summed E-state index contributed by atoms with van der Waals surface area (Å²) >= 11 is 1.39. The standard InChI is InChI=1S/C18H14N4O3S/c1-10-16(12-2-3-14-13(8-12)20-15(23)9-25-14)21-18(26-10)22-17(24)11-4-6-19-7-5-11/h2-8H,9H2,1H3,(H,20,23)(H,21,22,24). The van der Waals surface area contributed by atoms with E-state index in [2.05, 4.69) is 20.6 Å². The van der Waals surface area contributed by atoms with E-state index in [1.54, 1.807) is 30.6 Å². The number of hydrogen-bond acceptors (Lipinski definition) is 6. The predicted octanol–water partition coefficient (Wildman–Crippen LogP) is 3.10. The predicted molar refractivity (Wildman–Crippen MR) is 98.6 cm³/mol. The topological polar surface area (TPSA) is 93.2 Å². The van der Waals surface area contributed by atoms with Crippen molar-refractivity contribution in [1.29, 1.82) is 0 Å². The number of fused-ring (bicyclic) bond motifs is 1. The van der Waals surface area contributed by atoms with Gasteiger partial charge >= 0.3 is 0 Å². The van der Waals surface area contributed by atoms with Gasteiger partial charge < -0.3 is 10.1 Å². The quantitative estimate of drug-likeness (QED) is 0.743. The summed E-state index contributed by atoms with van der Waals surface area (Å²) in [6.45, 7) is 1.96. The van der Waals surface area contributed by atoms with E-state index in [1.807, 2.05) is 19.1 Å². The number of thiazole rings is 1. The smallest absolute Gasteiger partial charge is 0.262 e. The van der Waals surface area contributed by atoms with Gasteiger partial charge in [-0.15, -0.1) is 11.3 Å². The van der Waals surface area contributed by atoms with Crippen LogP contribution in [0.5, 0.6) is 5.75 Å². The molecular weight excluding hydrogens is 352 g/mol. The van der Waals surface area contributed by atoms with Gasteiger partial charge in [-0.2, -0.15) is 0 Å². The number of nitrogens with one attached hydrogen (secondary N) is 2. The van der Waals surface area contributed by atoms with Gasteiger partial charge in [-0.1, -0.05) is 0 Å². The third-order valence-electron chi connectivity index (χ3n) is 3.85. The van der Waals surface area contributed by atoms with Gasteiger partial charge in [0.05, 0.1) is 11.4 Å². The van der Waals surface area contributed by atoms with Gasteiger partial charge in [-0.3, -0.25) is 19.9 Å². The first kappa shape index (κ1) is 16.2. The fourth-order valence-electron chi connectivity index (χ4n) is 2.62. The summed E-state index contributed by atoms with van der Waals surface area (Å²) < 4.78 is 5.37. The summed E-state index contributed by atoms with van der Waals surface area (Å²) in [6, 6.07) is 8.79. The van der Waals surface area contributed by atoms with E-state index < -0.39 is 0 Å². The lowest BCUT2D eigenvalue weighted by molar-refractivity contribution is -0.118. The van der Waals surface area contributed by atoms with Crippen molar-refractivity contribution < 1.29 is 14.3 Å². The Morgan fingerprint density at radius 3 is 2.88 bits per heavy atom. The lowest BCUT2D eigenvalue weighted by Gasteiger charge is -2.18. The Labute approximate surface area is 153 Å². The summed E-state index contributed by atoms with van der Waals surface area (Å²) in [7, 11) is 0. The molecule has 7 nitrogen and oxygen atoms in total. The molecule has 0 aliphatic carbocycles. The number of aromatic nitrogens is 2. The zero-order valence-corrected chi connectivity index (χ0v) is 14.6. The molecule has 0 saturated heterocycles. The van der Waals surface area contributed by atoms with E-state index >= 15 is 0 Å². The number of pyridine rings is 1. The van der Waals surface area contributed by atoms with Crippen LogP contribution in [0.25, 0.3) is 11.3 Å². The number of anilines is 2. The third kappa shape index (κ3) is 3.14. The molecular formula is C18H14N4O3S. The van der Waals surface area contributed by atoms with Gasteiger partial charge in [0.15, 0.2) is 11.7 Å². The molecule has 4 rings (SSSR count). The van der Waals surface area contributed by atoms with Crippen LogP contribution in [0, 0.1) is 6.92 Å². The number of amides is 2. The second-order valence-electron chi connectivity index (χ2n) is 5.66. The lowest BCUT2D eigenvalue weighted by atomic mass is 10.1. The Bertz CT molecular complexity index is 1000. The van der Waals surface area contributed by atoms with E-state index in [-0.39, 0.29) is 18.4 Å². The average Bonchev–Trinajstić information content (AvgIpc) is 3.02. The number of benzene rings is 1. The second-order valence-corrected chi connectivity index (χ2v) is 6.86. The van der Waals surface area contributed by atoms with Gasteiger partial charge in [-0.05, 0) is 37.3 Å². The van der Waals surface area contributed by atoms with Crippen molar-refractivity contribution in [2.24, 2.45) is 0 Å². The highest BCUT2D eigenvalue weighted by atomic mass is 32.1. The summed E-state index contributed by atoms with van der Waals surface area (Å²) in [5.41, 5.74) is 2.73. The zero-order chi connectivity index (χ0) is 18.1. The Morgan fingerprint density at radius 2 is 2.08 bits per heavy atom. The van der Waals surface area contributed by atoms with Gasteiger partial charge in [-0.25, -0.2) is 4.98 Å². The maximum Gasteiger partial charge on any atom is 0.262 e. The maximum atomic E-state index is 12.3. The van der Waals surface area contributed by atoms with E-state index in [0.717, 1.165) is 16.1 Å². The molecule has 3 aromatic rings. The summed E-state index contributed by atoms with van der Waals surface area (Å²) in [6.07, 6.45) is 3.13. The molecule has 1 aliphatic rings. The Morgan fingerprint density at radius 1 is 1.27 bits per heavy atom. The molecule has 2 N–H and O–H groups in total. The number of carbonyl (C=O) groups is 2. The molecule has 2 amide bonds. The first-order valence-corrected chi connectivity index (χ1v) is 8.68. The van der Waals surface area contributed by atoms with E-state index in [0.29, 0.717) is 22.1 Å². The highest BCUT2D eigenvalue weighted by molar-refractivity contribution is 7.16. The second kappa shape index (κ2) is 6.57. The fourth-order valence-corrected chi connectivity index (χ4v) is 3.45. The average molecular weight is 366 g/mol. The number of carbonyl (C=O) groups excluding carboxylic acids is 2. The Balaban J connectivity index is 1.60. The fraction of sp³-hybridized carbons (Fsp3) is 0.111. The molecule has 0 atom stereocenters. The largest absolute Gasteiger partial charge is 0.482 e. The molecule has 0 saturated carbocycles. The van der Waals surface area contributed by atoms with Crippen molar-refractivity contribution in [2.75, 3.05) is 17.2 Å². The number of nitrogens with zero attached hydrogens (tertiary/aromatic N) is 2. The molecule has 1 aromatic carbocycles.